The van der Waals surface area contributed by atoms with Gasteiger partial charge in [0, 0.05) is 5.54 Å². The van der Waals surface area contributed by atoms with Gasteiger partial charge in [-0.25, -0.2) is 0 Å². The van der Waals surface area contributed by atoms with Gasteiger partial charge in [-0.15, -0.1) is 0 Å². The molecule has 0 heterocycles. The molecule has 0 amide bonds. The van der Waals surface area contributed by atoms with E-state index in [1.807, 2.05) is 0 Å². The van der Waals surface area contributed by atoms with Crippen LogP contribution in [0.4, 0.5) is 0 Å². The van der Waals surface area contributed by atoms with Crippen LogP contribution in [0.1, 0.15) is 52.9 Å². The zero-order chi connectivity index (χ0) is 9.19. The molecule has 3 unspecified atom stereocenters. The first-order valence-corrected chi connectivity index (χ1v) is 5.37. The van der Waals surface area contributed by atoms with Crippen molar-refractivity contribution in [1.82, 2.24) is 0 Å². The van der Waals surface area contributed by atoms with Gasteiger partial charge in [0.1, 0.15) is 0 Å². The average Bonchev–Trinajstić information content (AvgIpc) is 2.02. The molecule has 1 aliphatic rings. The van der Waals surface area contributed by atoms with Gasteiger partial charge in [-0.2, -0.15) is 0 Å². The highest BCUT2D eigenvalue weighted by molar-refractivity contribution is 4.92. The number of rotatable bonds is 2. The Morgan fingerprint density at radius 1 is 1.58 bits per heavy atom. The van der Waals surface area contributed by atoms with Crippen LogP contribution < -0.4 is 5.73 Å². The van der Waals surface area contributed by atoms with Crippen molar-refractivity contribution in [1.29, 1.82) is 0 Å². The predicted molar refractivity (Wildman–Crippen MR) is 54.0 cm³/mol. The van der Waals surface area contributed by atoms with Crippen LogP contribution in [0.15, 0.2) is 0 Å². The molecule has 0 aromatic heterocycles. The Hall–Kier alpha value is -0.0400. The second-order valence-electron chi connectivity index (χ2n) is 4.74. The molecule has 0 bridgehead atoms. The van der Waals surface area contributed by atoms with Crippen molar-refractivity contribution in [2.24, 2.45) is 17.6 Å². The highest BCUT2D eigenvalue weighted by atomic mass is 14.8. The molecule has 0 aromatic carbocycles. The molecule has 1 aliphatic carbocycles. The number of nitrogens with two attached hydrogens (primary N) is 1. The normalized spacial score (nSPS) is 39.5. The zero-order valence-corrected chi connectivity index (χ0v) is 8.77. The van der Waals surface area contributed by atoms with Crippen molar-refractivity contribution in [3.63, 3.8) is 0 Å². The van der Waals surface area contributed by atoms with E-state index in [-0.39, 0.29) is 5.54 Å². The van der Waals surface area contributed by atoms with Gasteiger partial charge >= 0.3 is 0 Å². The Labute approximate surface area is 76.7 Å². The van der Waals surface area contributed by atoms with E-state index in [9.17, 15) is 0 Å². The summed E-state index contributed by atoms with van der Waals surface area (Å²) in [4.78, 5) is 0. The monoisotopic (exact) mass is 169 g/mol. The third-order valence-corrected chi connectivity index (χ3v) is 3.66. The molecule has 0 radical (unpaired) electrons. The summed E-state index contributed by atoms with van der Waals surface area (Å²) >= 11 is 0. The van der Waals surface area contributed by atoms with Crippen molar-refractivity contribution in [3.05, 3.63) is 0 Å². The lowest BCUT2D eigenvalue weighted by molar-refractivity contribution is 0.166. The molecule has 72 valence electrons. The first kappa shape index (κ1) is 10.0. The third-order valence-electron chi connectivity index (χ3n) is 3.66. The first-order valence-electron chi connectivity index (χ1n) is 5.37. The van der Waals surface area contributed by atoms with Gasteiger partial charge in [0.25, 0.3) is 0 Å². The maximum Gasteiger partial charge on any atom is 0.0182 e. The second-order valence-corrected chi connectivity index (χ2v) is 4.74. The minimum Gasteiger partial charge on any atom is -0.325 e. The average molecular weight is 169 g/mol. The van der Waals surface area contributed by atoms with Crippen LogP contribution in [0, 0.1) is 11.8 Å². The molecule has 12 heavy (non-hydrogen) atoms. The fourth-order valence-corrected chi connectivity index (χ4v) is 2.49. The number of hydrogen-bond donors (Lipinski definition) is 1. The van der Waals surface area contributed by atoms with E-state index in [1.54, 1.807) is 0 Å². The SMILES string of the molecule is CCC(C)C1(N)CCCC(C)C1. The lowest BCUT2D eigenvalue weighted by Gasteiger charge is -2.41. The quantitative estimate of drug-likeness (QED) is 0.675. The standard InChI is InChI=1S/C11H23N/c1-4-10(3)11(12)7-5-6-9(2)8-11/h9-10H,4-8,12H2,1-3H3. The largest absolute Gasteiger partial charge is 0.325 e. The van der Waals surface area contributed by atoms with E-state index in [0.717, 1.165) is 5.92 Å². The predicted octanol–water partition coefficient (Wildman–Crippen LogP) is 2.94. The fourth-order valence-electron chi connectivity index (χ4n) is 2.49. The van der Waals surface area contributed by atoms with Gasteiger partial charge in [0.15, 0.2) is 0 Å². The molecule has 1 fully saturated rings. The van der Waals surface area contributed by atoms with Gasteiger partial charge in [-0.05, 0) is 24.7 Å². The smallest absolute Gasteiger partial charge is 0.0182 e. The van der Waals surface area contributed by atoms with Gasteiger partial charge in [-0.1, -0.05) is 40.0 Å². The minimum absolute atomic E-state index is 0.159. The maximum atomic E-state index is 6.40. The van der Waals surface area contributed by atoms with Crippen LogP contribution in [-0.2, 0) is 0 Å². The highest BCUT2D eigenvalue weighted by Gasteiger charge is 2.34. The zero-order valence-electron chi connectivity index (χ0n) is 8.77. The summed E-state index contributed by atoms with van der Waals surface area (Å²) in [5, 5.41) is 0. The molecular formula is C11H23N. The highest BCUT2D eigenvalue weighted by Crippen LogP contribution is 2.36. The third kappa shape index (κ3) is 2.01. The van der Waals surface area contributed by atoms with Gasteiger partial charge in [-0.3, -0.25) is 0 Å². The molecule has 2 N–H and O–H groups in total. The minimum atomic E-state index is 0.159. The van der Waals surface area contributed by atoms with Gasteiger partial charge < -0.3 is 5.73 Å². The van der Waals surface area contributed by atoms with Crippen LogP contribution in [0.5, 0.6) is 0 Å². The Balaban J connectivity index is 2.56. The molecular weight excluding hydrogens is 146 g/mol. The van der Waals surface area contributed by atoms with E-state index in [4.69, 9.17) is 5.73 Å². The Morgan fingerprint density at radius 3 is 2.75 bits per heavy atom. The fraction of sp³-hybridized carbons (Fsp3) is 1.00. The van der Waals surface area contributed by atoms with E-state index in [0.29, 0.717) is 5.92 Å². The van der Waals surface area contributed by atoms with Gasteiger partial charge in [0.05, 0.1) is 0 Å². The molecule has 3 atom stereocenters. The summed E-state index contributed by atoms with van der Waals surface area (Å²) < 4.78 is 0. The molecule has 0 saturated heterocycles. The summed E-state index contributed by atoms with van der Waals surface area (Å²) in [6.45, 7) is 6.89. The maximum absolute atomic E-state index is 6.40. The second kappa shape index (κ2) is 3.78. The summed E-state index contributed by atoms with van der Waals surface area (Å²) in [5.41, 5.74) is 6.56. The van der Waals surface area contributed by atoms with Crippen LogP contribution in [0.2, 0.25) is 0 Å². The van der Waals surface area contributed by atoms with Crippen molar-refractivity contribution in [3.8, 4) is 0 Å². The van der Waals surface area contributed by atoms with Crippen molar-refractivity contribution in [2.45, 2.75) is 58.4 Å². The molecule has 1 heteroatoms. The molecule has 1 saturated carbocycles. The Bertz CT molecular complexity index is 144. The number of hydrogen-bond acceptors (Lipinski definition) is 1. The van der Waals surface area contributed by atoms with E-state index in [1.165, 1.54) is 32.1 Å². The summed E-state index contributed by atoms with van der Waals surface area (Å²) in [5.74, 6) is 1.54. The van der Waals surface area contributed by atoms with E-state index >= 15 is 0 Å². The van der Waals surface area contributed by atoms with Crippen molar-refractivity contribution in [2.75, 3.05) is 0 Å². The van der Waals surface area contributed by atoms with E-state index in [2.05, 4.69) is 20.8 Å². The summed E-state index contributed by atoms with van der Waals surface area (Å²) in [6, 6.07) is 0. The molecule has 1 nitrogen and oxygen atoms in total. The molecule has 0 aliphatic heterocycles. The van der Waals surface area contributed by atoms with Crippen LogP contribution in [0.25, 0.3) is 0 Å². The summed E-state index contributed by atoms with van der Waals surface area (Å²) in [6.07, 6.45) is 6.43. The lowest BCUT2D eigenvalue weighted by atomic mass is 9.70. The molecule has 0 aromatic rings. The van der Waals surface area contributed by atoms with Crippen LogP contribution in [-0.4, -0.2) is 5.54 Å². The Kier molecular flexibility index (Phi) is 3.16. The van der Waals surface area contributed by atoms with Crippen LogP contribution >= 0.6 is 0 Å². The van der Waals surface area contributed by atoms with Crippen molar-refractivity contribution < 1.29 is 0 Å². The topological polar surface area (TPSA) is 26.0 Å². The first-order chi connectivity index (χ1) is 5.58. The Morgan fingerprint density at radius 2 is 2.25 bits per heavy atom. The van der Waals surface area contributed by atoms with E-state index < -0.39 is 0 Å². The van der Waals surface area contributed by atoms with Crippen LogP contribution in [0.3, 0.4) is 0 Å². The molecule has 0 spiro atoms. The van der Waals surface area contributed by atoms with Gasteiger partial charge in [0.2, 0.25) is 0 Å². The lowest BCUT2D eigenvalue weighted by Crippen LogP contribution is -2.49. The summed E-state index contributed by atoms with van der Waals surface area (Å²) in [7, 11) is 0. The van der Waals surface area contributed by atoms with Crippen molar-refractivity contribution >= 4 is 0 Å². The molecule has 1 rings (SSSR count).